The molecule has 0 aromatic heterocycles. The second-order valence-electron chi connectivity index (χ2n) is 4.18. The summed E-state index contributed by atoms with van der Waals surface area (Å²) < 4.78 is 15.2. The van der Waals surface area contributed by atoms with Crippen molar-refractivity contribution in [3.8, 4) is 5.75 Å². The third-order valence-electron chi connectivity index (χ3n) is 2.85. The average Bonchev–Trinajstić information content (AvgIpc) is 2.87. The molecule has 1 aromatic carbocycles. The summed E-state index contributed by atoms with van der Waals surface area (Å²) in [4.78, 5) is 22.8. The first kappa shape index (κ1) is 11.5. The molecule has 2 aliphatic heterocycles. The molecule has 5 nitrogen and oxygen atoms in total. The van der Waals surface area contributed by atoms with Gasteiger partial charge in [-0.25, -0.2) is 9.59 Å². The van der Waals surface area contributed by atoms with Crippen molar-refractivity contribution in [2.75, 3.05) is 0 Å². The van der Waals surface area contributed by atoms with E-state index in [-0.39, 0.29) is 0 Å². The fourth-order valence-electron chi connectivity index (χ4n) is 1.86. The van der Waals surface area contributed by atoms with Crippen LogP contribution < -0.4 is 4.74 Å². The van der Waals surface area contributed by atoms with E-state index in [0.717, 1.165) is 0 Å². The summed E-state index contributed by atoms with van der Waals surface area (Å²) >= 11 is 0. The number of hydrogen-bond acceptors (Lipinski definition) is 5. The molecular formula is C14H10O5. The van der Waals surface area contributed by atoms with Gasteiger partial charge in [0.25, 0.3) is 6.29 Å². The van der Waals surface area contributed by atoms with Gasteiger partial charge in [0.15, 0.2) is 0 Å². The number of para-hydroxylation sites is 1. The Morgan fingerprint density at radius 3 is 2.74 bits per heavy atom. The van der Waals surface area contributed by atoms with Gasteiger partial charge < -0.3 is 14.2 Å². The molecule has 1 aromatic rings. The number of benzene rings is 1. The van der Waals surface area contributed by atoms with Crippen molar-refractivity contribution in [2.24, 2.45) is 0 Å². The van der Waals surface area contributed by atoms with E-state index in [1.54, 1.807) is 37.3 Å². The summed E-state index contributed by atoms with van der Waals surface area (Å²) in [5.41, 5.74) is 1.46. The Hall–Kier alpha value is -2.56. The van der Waals surface area contributed by atoms with Gasteiger partial charge in [0, 0.05) is 17.2 Å². The highest BCUT2D eigenvalue weighted by atomic mass is 16.7. The van der Waals surface area contributed by atoms with E-state index in [9.17, 15) is 9.59 Å². The lowest BCUT2D eigenvalue weighted by molar-refractivity contribution is -0.152. The molecule has 2 heterocycles. The van der Waals surface area contributed by atoms with Crippen molar-refractivity contribution in [3.63, 3.8) is 0 Å². The fourth-order valence-corrected chi connectivity index (χ4v) is 1.86. The molecule has 5 heteroatoms. The monoisotopic (exact) mass is 258 g/mol. The molecule has 0 bridgehead atoms. The maximum absolute atomic E-state index is 11.7. The molecule has 0 saturated carbocycles. The van der Waals surface area contributed by atoms with Gasteiger partial charge in [0.2, 0.25) is 0 Å². The zero-order valence-electron chi connectivity index (χ0n) is 10.1. The molecule has 0 aliphatic carbocycles. The van der Waals surface area contributed by atoms with Gasteiger partial charge in [-0.2, -0.15) is 0 Å². The van der Waals surface area contributed by atoms with Crippen LogP contribution in [-0.4, -0.2) is 18.2 Å². The van der Waals surface area contributed by atoms with Crippen molar-refractivity contribution in [1.82, 2.24) is 0 Å². The molecule has 0 spiro atoms. The minimum absolute atomic E-state index is 0.310. The Morgan fingerprint density at radius 1 is 1.21 bits per heavy atom. The normalized spacial score (nSPS) is 22.9. The summed E-state index contributed by atoms with van der Waals surface area (Å²) in [7, 11) is 0. The standard InChI is InChI=1S/C14H10O5/c1-8-6-12(19-13(8)15)17-7-10-9-4-2-3-5-11(9)18-14(10)16/h2-7,12H,1H3. The predicted octanol–water partition coefficient (Wildman–Crippen LogP) is 1.79. The molecule has 0 N–H and O–H groups in total. The Balaban J connectivity index is 1.82. The topological polar surface area (TPSA) is 61.8 Å². The lowest BCUT2D eigenvalue weighted by Gasteiger charge is -2.07. The molecule has 19 heavy (non-hydrogen) atoms. The van der Waals surface area contributed by atoms with Crippen LogP contribution in [0.3, 0.4) is 0 Å². The van der Waals surface area contributed by atoms with Crippen LogP contribution in [0.4, 0.5) is 0 Å². The van der Waals surface area contributed by atoms with E-state index < -0.39 is 18.2 Å². The summed E-state index contributed by atoms with van der Waals surface area (Å²) in [6.45, 7) is 1.64. The maximum Gasteiger partial charge on any atom is 0.347 e. The number of cyclic esters (lactones) is 1. The van der Waals surface area contributed by atoms with Crippen LogP contribution in [-0.2, 0) is 19.1 Å². The SMILES string of the molecule is CC1=CC(OC=C2C(=O)Oc3ccccc32)OC1=O. The summed E-state index contributed by atoms with van der Waals surface area (Å²) in [6.07, 6.45) is 2.02. The smallest absolute Gasteiger partial charge is 0.347 e. The Kier molecular flexibility index (Phi) is 2.59. The highest BCUT2D eigenvalue weighted by molar-refractivity contribution is 6.21. The minimum Gasteiger partial charge on any atom is -0.458 e. The van der Waals surface area contributed by atoms with Gasteiger partial charge in [0.1, 0.15) is 17.6 Å². The highest BCUT2D eigenvalue weighted by Gasteiger charge is 2.28. The molecule has 1 atom stereocenters. The number of rotatable bonds is 2. The van der Waals surface area contributed by atoms with Crippen molar-refractivity contribution in [1.29, 1.82) is 0 Å². The van der Waals surface area contributed by atoms with Gasteiger partial charge >= 0.3 is 11.9 Å². The largest absolute Gasteiger partial charge is 0.458 e. The van der Waals surface area contributed by atoms with Crippen LogP contribution in [0.25, 0.3) is 5.57 Å². The summed E-state index contributed by atoms with van der Waals surface area (Å²) in [5, 5.41) is 0. The molecular weight excluding hydrogens is 248 g/mol. The first-order valence-electron chi connectivity index (χ1n) is 5.72. The van der Waals surface area contributed by atoms with Gasteiger partial charge in [-0.05, 0) is 13.0 Å². The van der Waals surface area contributed by atoms with E-state index in [0.29, 0.717) is 22.5 Å². The third kappa shape index (κ3) is 1.99. The van der Waals surface area contributed by atoms with Gasteiger partial charge in [-0.3, -0.25) is 0 Å². The van der Waals surface area contributed by atoms with Crippen LogP contribution in [0.1, 0.15) is 12.5 Å². The maximum atomic E-state index is 11.7. The van der Waals surface area contributed by atoms with E-state index in [4.69, 9.17) is 14.2 Å². The number of hydrogen-bond donors (Lipinski definition) is 0. The summed E-state index contributed by atoms with van der Waals surface area (Å²) in [6, 6.07) is 7.04. The third-order valence-corrected chi connectivity index (χ3v) is 2.85. The van der Waals surface area contributed by atoms with Crippen molar-refractivity contribution < 1.29 is 23.8 Å². The molecule has 0 fully saturated rings. The number of ether oxygens (including phenoxy) is 3. The van der Waals surface area contributed by atoms with Crippen LogP contribution in [0.5, 0.6) is 5.75 Å². The zero-order valence-corrected chi connectivity index (χ0v) is 10.1. The molecule has 0 amide bonds. The van der Waals surface area contributed by atoms with Crippen LogP contribution >= 0.6 is 0 Å². The quantitative estimate of drug-likeness (QED) is 0.350. The van der Waals surface area contributed by atoms with Crippen LogP contribution in [0.15, 0.2) is 42.2 Å². The van der Waals surface area contributed by atoms with E-state index in [1.165, 1.54) is 6.26 Å². The first-order chi connectivity index (χ1) is 9.15. The Bertz CT molecular complexity index is 626. The Morgan fingerprint density at radius 2 is 2.00 bits per heavy atom. The second-order valence-corrected chi connectivity index (χ2v) is 4.18. The molecule has 3 rings (SSSR count). The molecule has 0 saturated heterocycles. The van der Waals surface area contributed by atoms with Gasteiger partial charge in [0.05, 0.1) is 0 Å². The van der Waals surface area contributed by atoms with Crippen LogP contribution in [0, 0.1) is 0 Å². The predicted molar refractivity (Wildman–Crippen MR) is 64.8 cm³/mol. The Labute approximate surface area is 109 Å². The van der Waals surface area contributed by atoms with E-state index in [2.05, 4.69) is 0 Å². The lowest BCUT2D eigenvalue weighted by atomic mass is 10.1. The minimum atomic E-state index is -0.791. The summed E-state index contributed by atoms with van der Waals surface area (Å²) in [5.74, 6) is -0.401. The lowest BCUT2D eigenvalue weighted by Crippen LogP contribution is -2.10. The number of carbonyl (C=O) groups excluding carboxylic acids is 2. The van der Waals surface area contributed by atoms with E-state index >= 15 is 0 Å². The van der Waals surface area contributed by atoms with Gasteiger partial charge in [-0.1, -0.05) is 18.2 Å². The molecule has 96 valence electrons. The molecule has 1 unspecified atom stereocenters. The van der Waals surface area contributed by atoms with Crippen molar-refractivity contribution in [3.05, 3.63) is 47.7 Å². The van der Waals surface area contributed by atoms with Crippen molar-refractivity contribution >= 4 is 17.5 Å². The number of esters is 2. The highest BCUT2D eigenvalue weighted by Crippen LogP contribution is 2.33. The van der Waals surface area contributed by atoms with Gasteiger partial charge in [-0.15, -0.1) is 0 Å². The average molecular weight is 258 g/mol. The second kappa shape index (κ2) is 4.28. The van der Waals surface area contributed by atoms with E-state index in [1.807, 2.05) is 0 Å². The van der Waals surface area contributed by atoms with Crippen molar-refractivity contribution in [2.45, 2.75) is 13.2 Å². The first-order valence-corrected chi connectivity index (χ1v) is 5.72. The molecule has 0 radical (unpaired) electrons. The zero-order chi connectivity index (χ0) is 13.4. The number of carbonyl (C=O) groups is 2. The molecule has 2 aliphatic rings. The van der Waals surface area contributed by atoms with Crippen LogP contribution in [0.2, 0.25) is 0 Å². The fraction of sp³-hybridized carbons (Fsp3) is 0.143. The number of fused-ring (bicyclic) bond motifs is 1.